The minimum absolute atomic E-state index is 0.0568. The van der Waals surface area contributed by atoms with Crippen molar-refractivity contribution in [3.05, 3.63) is 47.5 Å². The first-order chi connectivity index (χ1) is 25.2. The molecule has 0 radical (unpaired) electrons. The van der Waals surface area contributed by atoms with Gasteiger partial charge >= 0.3 is 0 Å². The summed E-state index contributed by atoms with van der Waals surface area (Å²) in [7, 11) is 0. The minimum atomic E-state index is -1.27. The Morgan fingerprint density at radius 2 is 0.962 bits per heavy atom. The maximum Gasteiger partial charge on any atom is 0.204 e. The molecule has 4 rings (SSSR count). The molecule has 1 atom stereocenters. The number of phenolic OH excluding ortho intramolecular Hbond substituents is 1. The van der Waals surface area contributed by atoms with Gasteiger partial charge in [0.05, 0.1) is 32.0 Å². The Labute approximate surface area is 308 Å². The second kappa shape index (κ2) is 23.1. The van der Waals surface area contributed by atoms with Crippen LogP contribution in [-0.2, 0) is 9.47 Å². The van der Waals surface area contributed by atoms with Gasteiger partial charge in [0.25, 0.3) is 0 Å². The molecule has 0 heterocycles. The lowest BCUT2D eigenvalue weighted by molar-refractivity contribution is 0.0107. The van der Waals surface area contributed by atoms with Crippen molar-refractivity contribution in [2.24, 2.45) is 17.8 Å². The van der Waals surface area contributed by atoms with Crippen LogP contribution in [0, 0.1) is 41.0 Å². The molecule has 10 heteroatoms. The zero-order valence-corrected chi connectivity index (χ0v) is 31.5. The van der Waals surface area contributed by atoms with Crippen LogP contribution in [0.1, 0.15) is 129 Å². The van der Waals surface area contributed by atoms with Crippen LogP contribution < -0.4 is 14.2 Å². The van der Waals surface area contributed by atoms with Gasteiger partial charge in [-0.25, -0.2) is 0 Å². The molecule has 0 saturated heterocycles. The number of hydrogen-bond donors (Lipinski definition) is 1. The molecule has 1 N–H and O–H groups in total. The SMILES string of the molecule is CCOc1ccc(OCC2CCC(OCCCCCCC(C)CCCCCCOC3CCC(COc4ccc(O)c(F)c4F)CC3)CC2)c(F)c1F. The lowest BCUT2D eigenvalue weighted by Gasteiger charge is -2.28. The van der Waals surface area contributed by atoms with Crippen molar-refractivity contribution >= 4 is 0 Å². The molecule has 6 nitrogen and oxygen atoms in total. The molecule has 0 aliphatic heterocycles. The Bertz CT molecular complexity index is 1300. The van der Waals surface area contributed by atoms with E-state index in [1.54, 1.807) is 6.92 Å². The van der Waals surface area contributed by atoms with Crippen molar-refractivity contribution in [3.63, 3.8) is 0 Å². The summed E-state index contributed by atoms with van der Waals surface area (Å²) >= 11 is 0. The van der Waals surface area contributed by atoms with Crippen molar-refractivity contribution in [1.82, 2.24) is 0 Å². The van der Waals surface area contributed by atoms with E-state index in [2.05, 4.69) is 6.92 Å². The number of ether oxygens (including phenoxy) is 5. The summed E-state index contributed by atoms with van der Waals surface area (Å²) < 4.78 is 84.3. The number of rotatable bonds is 24. The van der Waals surface area contributed by atoms with E-state index in [-0.39, 0.29) is 36.1 Å². The first kappa shape index (κ1) is 42.0. The molecular weight excluding hydrogens is 676 g/mol. The van der Waals surface area contributed by atoms with Crippen molar-refractivity contribution in [3.8, 4) is 23.0 Å². The molecule has 1 unspecified atom stereocenters. The van der Waals surface area contributed by atoms with E-state index in [1.807, 2.05) is 0 Å². The van der Waals surface area contributed by atoms with Crippen LogP contribution in [0.2, 0.25) is 0 Å². The molecule has 0 amide bonds. The smallest absolute Gasteiger partial charge is 0.204 e. The Balaban J connectivity index is 0.900. The van der Waals surface area contributed by atoms with Crippen molar-refractivity contribution < 1.29 is 46.4 Å². The highest BCUT2D eigenvalue weighted by Gasteiger charge is 2.25. The monoisotopic (exact) mass is 738 g/mol. The Morgan fingerprint density at radius 3 is 1.42 bits per heavy atom. The van der Waals surface area contributed by atoms with Gasteiger partial charge in [-0.05, 0) is 113 Å². The lowest BCUT2D eigenvalue weighted by atomic mass is 9.88. The normalized spacial score (nSPS) is 21.2. The van der Waals surface area contributed by atoms with Gasteiger partial charge in [0.2, 0.25) is 23.3 Å². The maximum absolute atomic E-state index is 14.3. The van der Waals surface area contributed by atoms with Crippen LogP contribution in [0.25, 0.3) is 0 Å². The quantitative estimate of drug-likeness (QED) is 0.0854. The average Bonchev–Trinajstić information content (AvgIpc) is 3.15. The first-order valence-corrected chi connectivity index (χ1v) is 20.0. The average molecular weight is 739 g/mol. The fourth-order valence-corrected chi connectivity index (χ4v) is 7.41. The molecule has 0 spiro atoms. The Morgan fingerprint density at radius 1 is 0.558 bits per heavy atom. The molecule has 2 fully saturated rings. The molecule has 52 heavy (non-hydrogen) atoms. The molecule has 2 aliphatic carbocycles. The van der Waals surface area contributed by atoms with Crippen LogP contribution >= 0.6 is 0 Å². The van der Waals surface area contributed by atoms with E-state index in [0.717, 1.165) is 89.4 Å². The highest BCUT2D eigenvalue weighted by molar-refractivity contribution is 5.35. The van der Waals surface area contributed by atoms with E-state index in [0.29, 0.717) is 25.0 Å². The van der Waals surface area contributed by atoms with Gasteiger partial charge in [0, 0.05) is 13.2 Å². The van der Waals surface area contributed by atoms with Crippen LogP contribution in [-0.4, -0.2) is 50.3 Å². The van der Waals surface area contributed by atoms with Gasteiger partial charge in [0.1, 0.15) is 0 Å². The highest BCUT2D eigenvalue weighted by atomic mass is 19.2. The van der Waals surface area contributed by atoms with Gasteiger partial charge in [-0.1, -0.05) is 58.3 Å². The van der Waals surface area contributed by atoms with Gasteiger partial charge in [0.15, 0.2) is 23.0 Å². The van der Waals surface area contributed by atoms with Gasteiger partial charge in [-0.2, -0.15) is 17.6 Å². The van der Waals surface area contributed by atoms with Gasteiger partial charge in [-0.3, -0.25) is 0 Å². The van der Waals surface area contributed by atoms with Crippen LogP contribution in [0.5, 0.6) is 23.0 Å². The largest absolute Gasteiger partial charge is 0.505 e. The maximum atomic E-state index is 14.3. The summed E-state index contributed by atoms with van der Waals surface area (Å²) in [4.78, 5) is 0. The fourth-order valence-electron chi connectivity index (χ4n) is 7.41. The fraction of sp³-hybridized carbons (Fsp3) is 0.714. The van der Waals surface area contributed by atoms with E-state index in [4.69, 9.17) is 23.7 Å². The molecule has 2 aromatic rings. The summed E-state index contributed by atoms with van der Waals surface area (Å²) in [6.07, 6.45) is 20.5. The van der Waals surface area contributed by atoms with E-state index >= 15 is 0 Å². The third-order valence-electron chi connectivity index (χ3n) is 10.8. The predicted molar refractivity (Wildman–Crippen MR) is 195 cm³/mol. The number of phenols is 1. The third-order valence-corrected chi connectivity index (χ3v) is 10.8. The highest BCUT2D eigenvalue weighted by Crippen LogP contribution is 2.32. The van der Waals surface area contributed by atoms with Crippen LogP contribution in [0.3, 0.4) is 0 Å². The molecule has 0 bridgehead atoms. The van der Waals surface area contributed by atoms with Crippen molar-refractivity contribution in [2.75, 3.05) is 33.0 Å². The van der Waals surface area contributed by atoms with E-state index in [9.17, 15) is 22.7 Å². The molecule has 2 aliphatic rings. The number of hydrogen-bond acceptors (Lipinski definition) is 6. The standard InChI is InChI=1S/C42H62F4O6/c1-3-48-36-24-25-38(42(46)41(36)45)52-29-32-16-20-34(21-17-32)50-27-11-7-5-9-13-30(2)12-8-4-6-10-26-49-33-18-14-31(15-19-33)28-51-37-23-22-35(47)39(43)40(37)44/h22-25,30-34,47H,3-21,26-29H2,1-2H3. The second-order valence-corrected chi connectivity index (χ2v) is 15.0. The zero-order valence-electron chi connectivity index (χ0n) is 31.5. The molecule has 2 saturated carbocycles. The summed E-state index contributed by atoms with van der Waals surface area (Å²) in [5.41, 5.74) is 0. The predicted octanol–water partition coefficient (Wildman–Crippen LogP) is 11.5. The van der Waals surface area contributed by atoms with E-state index in [1.165, 1.54) is 69.6 Å². The number of aromatic hydroxyl groups is 1. The minimum Gasteiger partial charge on any atom is -0.505 e. The Hall–Kier alpha value is -2.72. The van der Waals surface area contributed by atoms with Crippen LogP contribution in [0.15, 0.2) is 24.3 Å². The van der Waals surface area contributed by atoms with Gasteiger partial charge in [-0.15, -0.1) is 0 Å². The number of unbranched alkanes of at least 4 members (excludes halogenated alkanes) is 6. The topological polar surface area (TPSA) is 66.4 Å². The van der Waals surface area contributed by atoms with Crippen LogP contribution in [0.4, 0.5) is 17.6 Å². The van der Waals surface area contributed by atoms with Gasteiger partial charge < -0.3 is 28.8 Å². The summed E-state index contributed by atoms with van der Waals surface area (Å²) in [6.45, 7) is 6.72. The van der Waals surface area contributed by atoms with Crippen molar-refractivity contribution in [2.45, 2.75) is 142 Å². The molecule has 0 aromatic heterocycles. The van der Waals surface area contributed by atoms with Crippen molar-refractivity contribution in [1.29, 1.82) is 0 Å². The first-order valence-electron chi connectivity index (χ1n) is 20.0. The zero-order chi connectivity index (χ0) is 37.1. The Kier molecular flexibility index (Phi) is 18.7. The summed E-state index contributed by atoms with van der Waals surface area (Å²) in [5.74, 6) is -4.01. The van der Waals surface area contributed by atoms with E-state index < -0.39 is 29.0 Å². The summed E-state index contributed by atoms with van der Waals surface area (Å²) in [6, 6.07) is 5.23. The lowest BCUT2D eigenvalue weighted by Crippen LogP contribution is -2.25. The molecule has 2 aromatic carbocycles. The number of benzene rings is 2. The molecular formula is C42H62F4O6. The number of halogens is 4. The third kappa shape index (κ3) is 14.3. The summed E-state index contributed by atoms with van der Waals surface area (Å²) in [5, 5.41) is 9.25. The second-order valence-electron chi connectivity index (χ2n) is 15.0. The molecule has 294 valence electrons.